The van der Waals surface area contributed by atoms with Gasteiger partial charge in [0.25, 0.3) is 0 Å². The maximum atomic E-state index is 11.0. The molecule has 0 fully saturated rings. The Morgan fingerprint density at radius 2 is 1.88 bits per heavy atom. The molecular formula is C8H16N2O5S. The van der Waals surface area contributed by atoms with Crippen molar-refractivity contribution in [3.05, 3.63) is 0 Å². The predicted molar refractivity (Wildman–Crippen MR) is 58.6 cm³/mol. The van der Waals surface area contributed by atoms with Gasteiger partial charge in [-0.2, -0.15) is 0 Å². The highest BCUT2D eigenvalue weighted by molar-refractivity contribution is 7.84. The summed E-state index contributed by atoms with van der Waals surface area (Å²) in [5, 5.41) is 22.0. The summed E-state index contributed by atoms with van der Waals surface area (Å²) in [6.45, 7) is 0.352. The van der Waals surface area contributed by atoms with E-state index in [1.807, 2.05) is 0 Å². The summed E-state index contributed by atoms with van der Waals surface area (Å²) in [5.74, 6) is -0.950. The number of hydrogen-bond acceptors (Lipinski definition) is 4. The molecule has 0 rings (SSSR count). The van der Waals surface area contributed by atoms with Crippen molar-refractivity contribution in [1.82, 2.24) is 10.6 Å². The van der Waals surface area contributed by atoms with Crippen LogP contribution in [0.2, 0.25) is 0 Å². The number of amides is 2. The Balaban J connectivity index is 3.51. The number of aliphatic hydroxyl groups is 1. The molecule has 0 heterocycles. The third-order valence-electron chi connectivity index (χ3n) is 1.66. The molecule has 0 radical (unpaired) electrons. The maximum Gasteiger partial charge on any atom is 0.332 e. The van der Waals surface area contributed by atoms with Gasteiger partial charge in [0, 0.05) is 42.3 Å². The second kappa shape index (κ2) is 8.05. The Morgan fingerprint density at radius 1 is 1.31 bits per heavy atom. The molecule has 16 heavy (non-hydrogen) atoms. The molecule has 0 aliphatic rings. The summed E-state index contributed by atoms with van der Waals surface area (Å²) in [4.78, 5) is 21.2. The lowest BCUT2D eigenvalue weighted by Crippen LogP contribution is -2.39. The second-order valence-corrected chi connectivity index (χ2v) is 4.66. The van der Waals surface area contributed by atoms with E-state index in [-0.39, 0.29) is 19.5 Å². The van der Waals surface area contributed by atoms with Gasteiger partial charge in [-0.05, 0) is 0 Å². The lowest BCUT2D eigenvalue weighted by atomic mass is 10.2. The Kier molecular flexibility index (Phi) is 7.48. The molecule has 0 aliphatic heterocycles. The molecule has 0 aliphatic carbocycles. The van der Waals surface area contributed by atoms with Crippen molar-refractivity contribution in [2.75, 3.05) is 25.1 Å². The van der Waals surface area contributed by atoms with E-state index in [4.69, 9.17) is 10.2 Å². The van der Waals surface area contributed by atoms with E-state index < -0.39 is 28.9 Å². The summed E-state index contributed by atoms with van der Waals surface area (Å²) < 4.78 is 10.6. The molecule has 0 aromatic carbocycles. The van der Waals surface area contributed by atoms with Crippen molar-refractivity contribution in [2.24, 2.45) is 0 Å². The summed E-state index contributed by atoms with van der Waals surface area (Å²) in [6.07, 6.45) is 0.00841. The molecule has 0 aromatic heterocycles. The molecule has 0 bridgehead atoms. The van der Waals surface area contributed by atoms with Crippen molar-refractivity contribution < 1.29 is 24.0 Å². The number of aliphatic carboxylic acids is 1. The van der Waals surface area contributed by atoms with Crippen LogP contribution in [0, 0.1) is 0 Å². The van der Waals surface area contributed by atoms with Gasteiger partial charge in [0.1, 0.15) is 0 Å². The zero-order valence-corrected chi connectivity index (χ0v) is 9.75. The SMILES string of the molecule is CS(=O)CCNC(=O)NCC[C@H](O)C(=O)O. The number of rotatable bonds is 7. The second-order valence-electron chi connectivity index (χ2n) is 3.10. The molecule has 4 N–H and O–H groups in total. The van der Waals surface area contributed by atoms with Gasteiger partial charge in [0.15, 0.2) is 6.10 Å². The van der Waals surface area contributed by atoms with Crippen LogP contribution in [0.25, 0.3) is 0 Å². The molecule has 0 aromatic rings. The average Bonchev–Trinajstić information content (AvgIpc) is 2.16. The quantitative estimate of drug-likeness (QED) is 0.440. The Morgan fingerprint density at radius 3 is 2.38 bits per heavy atom. The highest BCUT2D eigenvalue weighted by Crippen LogP contribution is 1.88. The minimum atomic E-state index is -1.47. The zero-order valence-electron chi connectivity index (χ0n) is 8.93. The van der Waals surface area contributed by atoms with Gasteiger partial charge in [0.2, 0.25) is 0 Å². The van der Waals surface area contributed by atoms with Crippen LogP contribution < -0.4 is 10.6 Å². The first kappa shape index (κ1) is 14.8. The Bertz CT molecular complexity index is 271. The lowest BCUT2D eigenvalue weighted by molar-refractivity contribution is -0.146. The van der Waals surface area contributed by atoms with E-state index >= 15 is 0 Å². The normalized spacial score (nSPS) is 13.9. The first-order chi connectivity index (χ1) is 7.43. The van der Waals surface area contributed by atoms with Crippen LogP contribution in [0.1, 0.15) is 6.42 Å². The molecule has 1 unspecified atom stereocenters. The highest BCUT2D eigenvalue weighted by atomic mass is 32.2. The fourth-order valence-corrected chi connectivity index (χ4v) is 1.21. The van der Waals surface area contributed by atoms with Crippen molar-refractivity contribution in [3.8, 4) is 0 Å². The van der Waals surface area contributed by atoms with Crippen LogP contribution >= 0.6 is 0 Å². The molecule has 0 spiro atoms. The van der Waals surface area contributed by atoms with Gasteiger partial charge >= 0.3 is 12.0 Å². The van der Waals surface area contributed by atoms with Crippen LogP contribution in [0.3, 0.4) is 0 Å². The smallest absolute Gasteiger partial charge is 0.332 e. The van der Waals surface area contributed by atoms with Gasteiger partial charge in [-0.15, -0.1) is 0 Å². The molecule has 2 atom stereocenters. The monoisotopic (exact) mass is 252 g/mol. The van der Waals surface area contributed by atoms with Crippen LogP contribution in [0.4, 0.5) is 4.79 Å². The minimum Gasteiger partial charge on any atom is -0.479 e. The number of carboxylic acids is 1. The van der Waals surface area contributed by atoms with Gasteiger partial charge in [-0.3, -0.25) is 4.21 Å². The fourth-order valence-electron chi connectivity index (χ4n) is 0.817. The topological polar surface area (TPSA) is 116 Å². The van der Waals surface area contributed by atoms with E-state index in [2.05, 4.69) is 10.6 Å². The molecular weight excluding hydrogens is 236 g/mol. The molecule has 94 valence electrons. The molecule has 8 heteroatoms. The van der Waals surface area contributed by atoms with Crippen LogP contribution in [-0.2, 0) is 15.6 Å². The fraction of sp³-hybridized carbons (Fsp3) is 0.750. The number of aliphatic hydroxyl groups excluding tert-OH is 1. The largest absolute Gasteiger partial charge is 0.479 e. The molecule has 0 saturated carbocycles. The van der Waals surface area contributed by atoms with E-state index in [0.717, 1.165) is 0 Å². The van der Waals surface area contributed by atoms with Gasteiger partial charge in [-0.25, -0.2) is 9.59 Å². The predicted octanol–water partition coefficient (Wildman–Crippen LogP) is -1.50. The molecule has 7 nitrogen and oxygen atoms in total. The lowest BCUT2D eigenvalue weighted by Gasteiger charge is -2.08. The van der Waals surface area contributed by atoms with Gasteiger partial charge in [0.05, 0.1) is 0 Å². The van der Waals surface area contributed by atoms with Gasteiger partial charge in [-0.1, -0.05) is 0 Å². The third kappa shape index (κ3) is 8.18. The van der Waals surface area contributed by atoms with Gasteiger partial charge < -0.3 is 20.8 Å². The molecule has 0 saturated heterocycles. The third-order valence-corrected chi connectivity index (χ3v) is 2.44. The summed E-state index contributed by atoms with van der Waals surface area (Å²) in [7, 11) is -0.961. The average molecular weight is 252 g/mol. The summed E-state index contributed by atoms with van der Waals surface area (Å²) in [6, 6.07) is -0.469. The van der Waals surface area contributed by atoms with E-state index in [1.54, 1.807) is 0 Å². The van der Waals surface area contributed by atoms with Crippen LogP contribution in [0.5, 0.6) is 0 Å². The van der Waals surface area contributed by atoms with Crippen LogP contribution in [-0.4, -0.2) is 57.6 Å². The number of carbonyl (C=O) groups excluding carboxylic acids is 1. The number of urea groups is 1. The number of nitrogens with one attached hydrogen (secondary N) is 2. The van der Waals surface area contributed by atoms with E-state index in [1.165, 1.54) is 6.26 Å². The highest BCUT2D eigenvalue weighted by Gasteiger charge is 2.12. The van der Waals surface area contributed by atoms with E-state index in [0.29, 0.717) is 5.75 Å². The van der Waals surface area contributed by atoms with Crippen LogP contribution in [0.15, 0.2) is 0 Å². The first-order valence-electron chi connectivity index (χ1n) is 4.66. The Hall–Kier alpha value is -1.15. The Labute approximate surface area is 95.7 Å². The number of hydrogen-bond donors (Lipinski definition) is 4. The maximum absolute atomic E-state index is 11.0. The number of carboxylic acid groups (broad SMARTS) is 1. The minimum absolute atomic E-state index is 0.0531. The summed E-state index contributed by atoms with van der Waals surface area (Å²) >= 11 is 0. The first-order valence-corrected chi connectivity index (χ1v) is 6.38. The zero-order chi connectivity index (χ0) is 12.6. The van der Waals surface area contributed by atoms with Crippen molar-refractivity contribution in [3.63, 3.8) is 0 Å². The standard InChI is InChI=1S/C8H16N2O5S/c1-16(15)5-4-10-8(14)9-3-2-6(11)7(12)13/h6,11H,2-5H2,1H3,(H,12,13)(H2,9,10,14)/t6-,16?/m0/s1. The van der Waals surface area contributed by atoms with E-state index in [9.17, 15) is 13.8 Å². The summed E-state index contributed by atoms with van der Waals surface area (Å²) in [5.41, 5.74) is 0. The molecule has 2 amide bonds. The van der Waals surface area contributed by atoms with Crippen molar-refractivity contribution in [1.29, 1.82) is 0 Å². The van der Waals surface area contributed by atoms with Crippen molar-refractivity contribution in [2.45, 2.75) is 12.5 Å². The number of carbonyl (C=O) groups is 2. The van der Waals surface area contributed by atoms with Crippen molar-refractivity contribution >= 4 is 22.8 Å².